The SMILES string of the molecule is O=C(NC(CS)C(=O)O)C1CCCCC1. The standard InChI is InChI=1S/C10H17NO3S/c12-9(7-4-2-1-3-5-7)11-8(6-15)10(13)14/h7-8,15H,1-6H2,(H,11,12)(H,13,14). The molecule has 15 heavy (non-hydrogen) atoms. The Hall–Kier alpha value is -0.710. The van der Waals surface area contributed by atoms with E-state index >= 15 is 0 Å². The normalized spacial score (nSPS) is 19.5. The fourth-order valence-electron chi connectivity index (χ4n) is 1.84. The van der Waals surface area contributed by atoms with Gasteiger partial charge in [-0.3, -0.25) is 4.79 Å². The van der Waals surface area contributed by atoms with E-state index in [1.54, 1.807) is 0 Å². The van der Waals surface area contributed by atoms with Crippen LogP contribution in [0, 0.1) is 5.92 Å². The van der Waals surface area contributed by atoms with E-state index in [1.807, 2.05) is 0 Å². The van der Waals surface area contributed by atoms with E-state index in [2.05, 4.69) is 17.9 Å². The number of thiol groups is 1. The first-order valence-corrected chi connectivity index (χ1v) is 5.92. The molecule has 1 unspecified atom stereocenters. The van der Waals surface area contributed by atoms with Crippen molar-refractivity contribution in [2.24, 2.45) is 5.92 Å². The summed E-state index contributed by atoms with van der Waals surface area (Å²) in [5, 5.41) is 11.3. The predicted octanol–water partition coefficient (Wildman–Crippen LogP) is 1.07. The Labute approximate surface area is 94.8 Å². The van der Waals surface area contributed by atoms with Crippen LogP contribution in [0.4, 0.5) is 0 Å². The molecule has 0 bridgehead atoms. The Morgan fingerprint density at radius 1 is 1.33 bits per heavy atom. The number of hydrogen-bond acceptors (Lipinski definition) is 3. The molecule has 0 spiro atoms. The molecule has 1 amide bonds. The molecule has 2 N–H and O–H groups in total. The van der Waals surface area contributed by atoms with Crippen LogP contribution in [0.15, 0.2) is 0 Å². The van der Waals surface area contributed by atoms with Gasteiger partial charge in [0.1, 0.15) is 6.04 Å². The molecule has 0 aromatic carbocycles. The second-order valence-corrected chi connectivity index (χ2v) is 4.28. The van der Waals surface area contributed by atoms with Crippen molar-refractivity contribution in [3.05, 3.63) is 0 Å². The van der Waals surface area contributed by atoms with Gasteiger partial charge in [-0.15, -0.1) is 0 Å². The Morgan fingerprint density at radius 3 is 2.40 bits per heavy atom. The second kappa shape index (κ2) is 6.00. The molecule has 1 saturated carbocycles. The van der Waals surface area contributed by atoms with Gasteiger partial charge in [0.15, 0.2) is 0 Å². The third kappa shape index (κ3) is 3.74. The zero-order valence-corrected chi connectivity index (χ0v) is 9.50. The molecule has 0 heterocycles. The van der Waals surface area contributed by atoms with Crippen LogP contribution in [-0.4, -0.2) is 28.8 Å². The fraction of sp³-hybridized carbons (Fsp3) is 0.800. The molecule has 86 valence electrons. The van der Waals surface area contributed by atoms with Gasteiger partial charge in [0, 0.05) is 11.7 Å². The Balaban J connectivity index is 2.42. The molecular formula is C10H17NO3S. The van der Waals surface area contributed by atoms with Gasteiger partial charge in [-0.2, -0.15) is 12.6 Å². The van der Waals surface area contributed by atoms with Crippen molar-refractivity contribution < 1.29 is 14.7 Å². The van der Waals surface area contributed by atoms with Crippen molar-refractivity contribution in [2.45, 2.75) is 38.1 Å². The summed E-state index contributed by atoms with van der Waals surface area (Å²) in [7, 11) is 0. The third-order valence-electron chi connectivity index (χ3n) is 2.77. The summed E-state index contributed by atoms with van der Waals surface area (Å²) in [4.78, 5) is 22.3. The number of amides is 1. The van der Waals surface area contributed by atoms with E-state index in [-0.39, 0.29) is 17.6 Å². The zero-order chi connectivity index (χ0) is 11.3. The Kier molecular flexibility index (Phi) is 4.94. The number of aliphatic carboxylic acids is 1. The van der Waals surface area contributed by atoms with Gasteiger partial charge in [-0.05, 0) is 12.8 Å². The third-order valence-corrected chi connectivity index (χ3v) is 3.14. The Morgan fingerprint density at radius 2 is 1.93 bits per heavy atom. The van der Waals surface area contributed by atoms with Crippen LogP contribution in [0.25, 0.3) is 0 Å². The quantitative estimate of drug-likeness (QED) is 0.634. The van der Waals surface area contributed by atoms with Crippen LogP contribution in [-0.2, 0) is 9.59 Å². The predicted molar refractivity (Wildman–Crippen MR) is 60.0 cm³/mol. The van der Waals surface area contributed by atoms with Crippen molar-refractivity contribution in [2.75, 3.05) is 5.75 Å². The topological polar surface area (TPSA) is 66.4 Å². The lowest BCUT2D eigenvalue weighted by atomic mass is 9.88. The summed E-state index contributed by atoms with van der Waals surface area (Å²) >= 11 is 3.90. The average molecular weight is 231 g/mol. The van der Waals surface area contributed by atoms with E-state index < -0.39 is 12.0 Å². The molecule has 0 aromatic rings. The van der Waals surface area contributed by atoms with E-state index in [4.69, 9.17) is 5.11 Å². The van der Waals surface area contributed by atoms with Crippen LogP contribution < -0.4 is 5.32 Å². The van der Waals surface area contributed by atoms with Crippen LogP contribution in [0.3, 0.4) is 0 Å². The minimum absolute atomic E-state index is 0.000448. The molecule has 0 saturated heterocycles. The van der Waals surface area contributed by atoms with Crippen molar-refractivity contribution in [3.63, 3.8) is 0 Å². The van der Waals surface area contributed by atoms with Crippen LogP contribution >= 0.6 is 12.6 Å². The molecular weight excluding hydrogens is 214 g/mol. The molecule has 0 aliphatic heterocycles. The molecule has 1 fully saturated rings. The average Bonchev–Trinajstić information content (AvgIpc) is 2.26. The number of hydrogen-bond donors (Lipinski definition) is 3. The van der Waals surface area contributed by atoms with Gasteiger partial charge in [0.05, 0.1) is 0 Å². The van der Waals surface area contributed by atoms with E-state index in [9.17, 15) is 9.59 Å². The lowest BCUT2D eigenvalue weighted by Gasteiger charge is -2.22. The number of carboxylic acids is 1. The zero-order valence-electron chi connectivity index (χ0n) is 8.61. The fourth-order valence-corrected chi connectivity index (χ4v) is 2.09. The Bertz CT molecular complexity index is 239. The van der Waals surface area contributed by atoms with Gasteiger partial charge in [0.2, 0.25) is 5.91 Å². The lowest BCUT2D eigenvalue weighted by molar-refractivity contribution is -0.141. The summed E-state index contributed by atoms with van der Waals surface area (Å²) in [6, 6.07) is -0.859. The highest BCUT2D eigenvalue weighted by molar-refractivity contribution is 7.80. The highest BCUT2D eigenvalue weighted by Crippen LogP contribution is 2.23. The molecule has 1 atom stereocenters. The summed E-state index contributed by atoms with van der Waals surface area (Å²) in [6.07, 6.45) is 5.07. The molecule has 0 aromatic heterocycles. The minimum atomic E-state index is -1.02. The first kappa shape index (κ1) is 12.4. The molecule has 5 heteroatoms. The molecule has 4 nitrogen and oxygen atoms in total. The molecule has 1 aliphatic carbocycles. The van der Waals surface area contributed by atoms with Crippen molar-refractivity contribution in [3.8, 4) is 0 Å². The number of rotatable bonds is 4. The summed E-state index contributed by atoms with van der Waals surface area (Å²) in [6.45, 7) is 0. The summed E-state index contributed by atoms with van der Waals surface area (Å²) in [5.74, 6) is -1.01. The van der Waals surface area contributed by atoms with E-state index in [0.717, 1.165) is 25.7 Å². The van der Waals surface area contributed by atoms with Gasteiger partial charge < -0.3 is 10.4 Å². The second-order valence-electron chi connectivity index (χ2n) is 3.92. The number of nitrogens with one attached hydrogen (secondary N) is 1. The van der Waals surface area contributed by atoms with Crippen molar-refractivity contribution in [1.82, 2.24) is 5.32 Å². The number of carbonyl (C=O) groups is 2. The number of carbonyl (C=O) groups excluding carboxylic acids is 1. The maximum Gasteiger partial charge on any atom is 0.327 e. The minimum Gasteiger partial charge on any atom is -0.480 e. The molecule has 1 aliphatic rings. The molecule has 1 rings (SSSR count). The van der Waals surface area contributed by atoms with Crippen molar-refractivity contribution in [1.29, 1.82) is 0 Å². The first-order valence-electron chi connectivity index (χ1n) is 5.29. The van der Waals surface area contributed by atoms with Gasteiger partial charge in [-0.25, -0.2) is 4.79 Å². The summed E-state index contributed by atoms with van der Waals surface area (Å²) < 4.78 is 0. The van der Waals surface area contributed by atoms with Gasteiger partial charge in [-0.1, -0.05) is 19.3 Å². The number of carboxylic acid groups (broad SMARTS) is 1. The van der Waals surface area contributed by atoms with Crippen molar-refractivity contribution >= 4 is 24.5 Å². The maximum absolute atomic E-state index is 11.7. The summed E-state index contributed by atoms with van der Waals surface area (Å²) in [5.41, 5.74) is 0. The maximum atomic E-state index is 11.7. The highest BCUT2D eigenvalue weighted by atomic mass is 32.1. The molecule has 0 radical (unpaired) electrons. The largest absolute Gasteiger partial charge is 0.480 e. The monoisotopic (exact) mass is 231 g/mol. The van der Waals surface area contributed by atoms with Crippen LogP contribution in [0.1, 0.15) is 32.1 Å². The smallest absolute Gasteiger partial charge is 0.327 e. The van der Waals surface area contributed by atoms with E-state index in [1.165, 1.54) is 6.42 Å². The highest BCUT2D eigenvalue weighted by Gasteiger charge is 2.25. The lowest BCUT2D eigenvalue weighted by Crippen LogP contribution is -2.45. The first-order chi connectivity index (χ1) is 7.15. The van der Waals surface area contributed by atoms with E-state index in [0.29, 0.717) is 0 Å². The van der Waals surface area contributed by atoms with Crippen LogP contribution in [0.5, 0.6) is 0 Å². The van der Waals surface area contributed by atoms with Gasteiger partial charge in [0.25, 0.3) is 0 Å². The van der Waals surface area contributed by atoms with Gasteiger partial charge >= 0.3 is 5.97 Å². The van der Waals surface area contributed by atoms with Crippen LogP contribution in [0.2, 0.25) is 0 Å².